The summed E-state index contributed by atoms with van der Waals surface area (Å²) in [7, 11) is 0. The molecule has 4 heteroatoms. The zero-order chi connectivity index (χ0) is 17.1. The predicted molar refractivity (Wildman–Crippen MR) is 96.8 cm³/mol. The highest BCUT2D eigenvalue weighted by Crippen LogP contribution is 2.35. The summed E-state index contributed by atoms with van der Waals surface area (Å²) in [6.45, 7) is 7.79. The van der Waals surface area contributed by atoms with Gasteiger partial charge in [0.2, 0.25) is 0 Å². The number of hydrogen-bond donors (Lipinski definition) is 1. The molecule has 4 atom stereocenters. The lowest BCUT2D eigenvalue weighted by Gasteiger charge is -2.37. The number of aliphatic hydroxyl groups excluding tert-OH is 1. The molecule has 1 aliphatic rings. The van der Waals surface area contributed by atoms with E-state index in [1.807, 2.05) is 28.8 Å². The molecule has 0 spiro atoms. The Hall–Kier alpha value is -1.39. The van der Waals surface area contributed by atoms with Crippen LogP contribution in [0.5, 0.6) is 0 Å². The van der Waals surface area contributed by atoms with Crippen LogP contribution in [0.1, 0.15) is 40.0 Å². The third kappa shape index (κ3) is 3.98. The average molecular weight is 330 g/mol. The van der Waals surface area contributed by atoms with Crippen LogP contribution in [0, 0.1) is 17.8 Å². The lowest BCUT2D eigenvalue weighted by atomic mass is 9.75. The van der Waals surface area contributed by atoms with Gasteiger partial charge in [0.15, 0.2) is 0 Å². The van der Waals surface area contributed by atoms with E-state index in [0.29, 0.717) is 25.0 Å². The largest absolute Gasteiger partial charge is 0.389 e. The Morgan fingerprint density at radius 1 is 1.29 bits per heavy atom. The quantitative estimate of drug-likeness (QED) is 0.874. The van der Waals surface area contributed by atoms with Gasteiger partial charge in [-0.15, -0.1) is 0 Å². The zero-order valence-corrected chi connectivity index (χ0v) is 15.1. The molecule has 1 aromatic carbocycles. The first-order valence-electron chi connectivity index (χ1n) is 9.24. The fourth-order valence-corrected chi connectivity index (χ4v) is 3.98. The third-order valence-electron chi connectivity index (χ3n) is 5.40. The van der Waals surface area contributed by atoms with E-state index in [1.54, 1.807) is 6.33 Å². The maximum absolute atomic E-state index is 10.4. The second kappa shape index (κ2) is 7.66. The molecule has 0 saturated heterocycles. The van der Waals surface area contributed by atoms with Gasteiger partial charge in [0, 0.05) is 0 Å². The summed E-state index contributed by atoms with van der Waals surface area (Å²) in [6, 6.07) is 8.01. The van der Waals surface area contributed by atoms with Crippen molar-refractivity contribution in [1.82, 2.24) is 9.55 Å². The number of hydrogen-bond acceptors (Lipinski definition) is 3. The first-order valence-corrected chi connectivity index (χ1v) is 9.24. The summed E-state index contributed by atoms with van der Waals surface area (Å²) < 4.78 is 8.17. The molecule has 4 nitrogen and oxygen atoms in total. The molecule has 1 heterocycles. The van der Waals surface area contributed by atoms with Gasteiger partial charge < -0.3 is 14.4 Å². The zero-order valence-electron chi connectivity index (χ0n) is 15.1. The number of aromatic nitrogens is 2. The maximum Gasteiger partial charge on any atom is 0.0959 e. The lowest BCUT2D eigenvalue weighted by Crippen LogP contribution is -2.36. The number of nitrogens with zero attached hydrogens (tertiary/aromatic N) is 2. The molecule has 1 fully saturated rings. The molecule has 0 bridgehead atoms. The summed E-state index contributed by atoms with van der Waals surface area (Å²) in [5, 5.41) is 10.4. The molecule has 1 aliphatic carbocycles. The first-order chi connectivity index (χ1) is 11.5. The van der Waals surface area contributed by atoms with E-state index >= 15 is 0 Å². The Kier molecular flexibility index (Phi) is 5.57. The van der Waals surface area contributed by atoms with Gasteiger partial charge >= 0.3 is 0 Å². The molecule has 24 heavy (non-hydrogen) atoms. The van der Waals surface area contributed by atoms with Crippen molar-refractivity contribution in [2.24, 2.45) is 17.8 Å². The van der Waals surface area contributed by atoms with Gasteiger partial charge in [0.25, 0.3) is 0 Å². The van der Waals surface area contributed by atoms with Gasteiger partial charge in [-0.05, 0) is 42.7 Å². The molecule has 0 amide bonds. The molecule has 0 radical (unpaired) electrons. The van der Waals surface area contributed by atoms with Crippen LogP contribution in [0.4, 0.5) is 0 Å². The summed E-state index contributed by atoms with van der Waals surface area (Å²) in [6.07, 6.45) is 5.23. The molecule has 1 saturated carbocycles. The minimum Gasteiger partial charge on any atom is -0.389 e. The summed E-state index contributed by atoms with van der Waals surface area (Å²) in [5.41, 5.74) is 2.02. The highest BCUT2D eigenvalue weighted by Gasteiger charge is 2.31. The van der Waals surface area contributed by atoms with Crippen LogP contribution < -0.4 is 0 Å². The highest BCUT2D eigenvalue weighted by atomic mass is 16.5. The molecule has 1 aromatic heterocycles. The third-order valence-corrected chi connectivity index (χ3v) is 5.40. The number of imidazole rings is 1. The van der Waals surface area contributed by atoms with Gasteiger partial charge in [0.05, 0.1) is 42.7 Å². The van der Waals surface area contributed by atoms with Crippen LogP contribution in [0.15, 0.2) is 30.6 Å². The summed E-state index contributed by atoms with van der Waals surface area (Å²) >= 11 is 0. The van der Waals surface area contributed by atoms with E-state index in [2.05, 4.69) is 25.8 Å². The second-order valence-corrected chi connectivity index (χ2v) is 7.74. The van der Waals surface area contributed by atoms with Crippen LogP contribution in [0.2, 0.25) is 0 Å². The predicted octanol–water partition coefficient (Wildman–Crippen LogP) is 3.87. The van der Waals surface area contributed by atoms with Crippen molar-refractivity contribution in [1.29, 1.82) is 0 Å². The normalized spacial score (nSPS) is 26.1. The number of aliphatic hydroxyl groups is 1. The van der Waals surface area contributed by atoms with Crippen LogP contribution in [0.25, 0.3) is 11.0 Å². The van der Waals surface area contributed by atoms with Crippen LogP contribution in [-0.4, -0.2) is 33.5 Å². The average Bonchev–Trinajstić information content (AvgIpc) is 2.96. The van der Waals surface area contributed by atoms with E-state index in [0.717, 1.165) is 23.4 Å². The maximum atomic E-state index is 10.4. The Morgan fingerprint density at radius 3 is 2.88 bits per heavy atom. The lowest BCUT2D eigenvalue weighted by molar-refractivity contribution is -0.0714. The number of ether oxygens (including phenoxy) is 1. The van der Waals surface area contributed by atoms with Gasteiger partial charge in [0.1, 0.15) is 0 Å². The van der Waals surface area contributed by atoms with Crippen molar-refractivity contribution in [2.45, 2.75) is 58.8 Å². The second-order valence-electron chi connectivity index (χ2n) is 7.74. The van der Waals surface area contributed by atoms with E-state index < -0.39 is 6.10 Å². The number of fused-ring (bicyclic) bond motifs is 1. The first kappa shape index (κ1) is 17.4. The van der Waals surface area contributed by atoms with E-state index in [4.69, 9.17) is 4.74 Å². The fraction of sp³-hybridized carbons (Fsp3) is 0.650. The fourth-order valence-electron chi connectivity index (χ4n) is 3.98. The van der Waals surface area contributed by atoms with E-state index in [-0.39, 0.29) is 6.10 Å². The molecule has 3 rings (SSSR count). The van der Waals surface area contributed by atoms with Crippen LogP contribution in [0.3, 0.4) is 0 Å². The minimum absolute atomic E-state index is 0.280. The smallest absolute Gasteiger partial charge is 0.0959 e. The topological polar surface area (TPSA) is 47.3 Å². The Balaban J connectivity index is 1.57. The van der Waals surface area contributed by atoms with Gasteiger partial charge in [-0.2, -0.15) is 0 Å². The summed E-state index contributed by atoms with van der Waals surface area (Å²) in [4.78, 5) is 4.38. The minimum atomic E-state index is -0.507. The van der Waals surface area contributed by atoms with Crippen LogP contribution >= 0.6 is 0 Å². The number of rotatable bonds is 6. The number of benzene rings is 1. The standard InChI is InChI=1S/C20H30N2O2/c1-14(2)17-9-8-15(3)10-20(17)24-12-16(23)11-22-13-21-18-6-4-5-7-19(18)22/h4-7,13-17,20,23H,8-12H2,1-3H3. The molecule has 2 aromatic rings. The van der Waals surface area contributed by atoms with Gasteiger partial charge in [-0.25, -0.2) is 4.98 Å². The van der Waals surface area contributed by atoms with Crippen LogP contribution in [-0.2, 0) is 11.3 Å². The van der Waals surface area contributed by atoms with E-state index in [1.165, 1.54) is 12.8 Å². The molecule has 4 unspecified atom stereocenters. The SMILES string of the molecule is CC1CCC(C(C)C)C(OCC(O)Cn2cnc3ccccc32)C1. The highest BCUT2D eigenvalue weighted by molar-refractivity contribution is 5.74. The Morgan fingerprint density at radius 2 is 2.08 bits per heavy atom. The van der Waals surface area contributed by atoms with E-state index in [9.17, 15) is 5.11 Å². The van der Waals surface area contributed by atoms with Crippen molar-refractivity contribution >= 4 is 11.0 Å². The van der Waals surface area contributed by atoms with Crippen molar-refractivity contribution in [3.63, 3.8) is 0 Å². The van der Waals surface area contributed by atoms with Crippen molar-refractivity contribution in [2.75, 3.05) is 6.61 Å². The molecule has 1 N–H and O–H groups in total. The van der Waals surface area contributed by atoms with Crippen molar-refractivity contribution in [3.8, 4) is 0 Å². The van der Waals surface area contributed by atoms with Gasteiger partial charge in [-0.3, -0.25) is 0 Å². The van der Waals surface area contributed by atoms with Gasteiger partial charge in [-0.1, -0.05) is 39.3 Å². The molecular weight excluding hydrogens is 300 g/mol. The number of para-hydroxylation sites is 2. The molecular formula is C20H30N2O2. The van der Waals surface area contributed by atoms with Crippen molar-refractivity contribution in [3.05, 3.63) is 30.6 Å². The molecule has 0 aliphatic heterocycles. The summed E-state index contributed by atoms with van der Waals surface area (Å²) in [5.74, 6) is 1.97. The Bertz CT molecular complexity index is 652. The monoisotopic (exact) mass is 330 g/mol. The molecule has 132 valence electrons. The Labute approximate surface area is 144 Å². The van der Waals surface area contributed by atoms with Crippen molar-refractivity contribution < 1.29 is 9.84 Å².